The summed E-state index contributed by atoms with van der Waals surface area (Å²) in [6.45, 7) is 0. The summed E-state index contributed by atoms with van der Waals surface area (Å²) in [7, 11) is 0. The highest BCUT2D eigenvalue weighted by Crippen LogP contribution is 2.42. The molecule has 0 fully saturated rings. The van der Waals surface area contributed by atoms with E-state index in [0.717, 1.165) is 82.6 Å². The average Bonchev–Trinajstić information content (AvgIpc) is 3.79. The fourth-order valence-corrected chi connectivity index (χ4v) is 8.92. The van der Waals surface area contributed by atoms with Gasteiger partial charge in [0.25, 0.3) is 0 Å². The molecule has 1 N–H and O–H groups in total. The molecule has 56 heavy (non-hydrogen) atoms. The Kier molecular flexibility index (Phi) is 7.04. The predicted molar refractivity (Wildman–Crippen MR) is 234 cm³/mol. The molecule has 11 rings (SSSR count). The lowest BCUT2D eigenvalue weighted by Gasteiger charge is -2.17. The number of hydrogen-bond donors (Lipinski definition) is 1. The van der Waals surface area contributed by atoms with Gasteiger partial charge in [-0.15, -0.1) is 0 Å². The molecule has 0 atom stereocenters. The number of nitrogens with zero attached hydrogens (tertiary/aromatic N) is 3. The lowest BCUT2D eigenvalue weighted by molar-refractivity contribution is 1.13. The number of benzene rings is 9. The summed E-state index contributed by atoms with van der Waals surface area (Å²) in [6.07, 6.45) is 1.33. The molecule has 0 unspecified atom stereocenters. The van der Waals surface area contributed by atoms with Crippen LogP contribution in [-0.4, -0.2) is 15.3 Å². The highest BCUT2D eigenvalue weighted by atomic mass is 15.0. The van der Waals surface area contributed by atoms with Gasteiger partial charge in [-0.05, 0) is 92.3 Å². The van der Waals surface area contributed by atoms with E-state index in [9.17, 15) is 5.26 Å². The van der Waals surface area contributed by atoms with E-state index in [1.807, 2.05) is 18.2 Å². The maximum Gasteiger partial charge on any atom is 0.1000 e. The van der Waals surface area contributed by atoms with Crippen LogP contribution in [0.15, 0.2) is 182 Å². The zero-order valence-corrected chi connectivity index (χ0v) is 30.2. The van der Waals surface area contributed by atoms with Crippen LogP contribution < -0.4 is 0 Å². The van der Waals surface area contributed by atoms with E-state index in [4.69, 9.17) is 5.41 Å². The van der Waals surface area contributed by atoms with Gasteiger partial charge >= 0.3 is 0 Å². The monoisotopic (exact) mass is 712 g/mol. The molecule has 4 heteroatoms. The van der Waals surface area contributed by atoms with Crippen LogP contribution in [0.5, 0.6) is 0 Å². The SMILES string of the molecule is N#Cc1cc(-n2c3ccc(-c4ccccc4)cc3c3c4ccccc4ccc32)cc(-n2c3ccc(-c4ccccc4)cc3c3c4ccccc4ccc32)c1C=N. The van der Waals surface area contributed by atoms with Gasteiger partial charge in [-0.1, -0.05) is 133 Å². The van der Waals surface area contributed by atoms with Gasteiger partial charge in [-0.25, -0.2) is 0 Å². The summed E-state index contributed by atoms with van der Waals surface area (Å²) in [5.74, 6) is 0. The summed E-state index contributed by atoms with van der Waals surface area (Å²) in [4.78, 5) is 0. The normalized spacial score (nSPS) is 11.6. The first kappa shape index (κ1) is 31.8. The molecule has 2 aromatic heterocycles. The Bertz CT molecular complexity index is 3440. The second-order valence-electron chi connectivity index (χ2n) is 14.4. The molecule has 2 heterocycles. The van der Waals surface area contributed by atoms with E-state index in [0.29, 0.717) is 11.1 Å². The second kappa shape index (κ2) is 12.4. The number of hydrogen-bond acceptors (Lipinski definition) is 2. The van der Waals surface area contributed by atoms with Gasteiger partial charge in [0.2, 0.25) is 0 Å². The molecule has 0 aliphatic heterocycles. The number of fused-ring (bicyclic) bond motifs is 10. The molecule has 4 nitrogen and oxygen atoms in total. The molecular formula is C52H32N4. The van der Waals surface area contributed by atoms with Crippen molar-refractivity contribution < 1.29 is 0 Å². The molecule has 0 amide bonds. The van der Waals surface area contributed by atoms with Crippen LogP contribution >= 0.6 is 0 Å². The molecule has 0 saturated carbocycles. The van der Waals surface area contributed by atoms with Crippen molar-refractivity contribution in [2.45, 2.75) is 0 Å². The van der Waals surface area contributed by atoms with Gasteiger partial charge in [0.05, 0.1) is 39.4 Å². The molecule has 0 radical (unpaired) electrons. The Balaban J connectivity index is 1.25. The quantitative estimate of drug-likeness (QED) is 0.177. The van der Waals surface area contributed by atoms with Crippen molar-refractivity contribution in [3.63, 3.8) is 0 Å². The van der Waals surface area contributed by atoms with E-state index >= 15 is 0 Å². The number of nitriles is 1. The van der Waals surface area contributed by atoms with Crippen LogP contribution in [0.25, 0.3) is 98.8 Å². The topological polar surface area (TPSA) is 57.5 Å². The Hall–Kier alpha value is -7.74. The Labute approximate surface area is 322 Å². The maximum absolute atomic E-state index is 10.8. The number of rotatable bonds is 5. The smallest absolute Gasteiger partial charge is 0.1000 e. The predicted octanol–water partition coefficient (Wildman–Crippen LogP) is 13.4. The van der Waals surface area contributed by atoms with Gasteiger partial charge in [0.15, 0.2) is 0 Å². The van der Waals surface area contributed by atoms with Crippen LogP contribution in [0.3, 0.4) is 0 Å². The molecular weight excluding hydrogens is 681 g/mol. The van der Waals surface area contributed by atoms with Crippen molar-refractivity contribution in [3.05, 3.63) is 193 Å². The molecule has 260 valence electrons. The van der Waals surface area contributed by atoms with E-state index in [1.165, 1.54) is 22.4 Å². The maximum atomic E-state index is 10.8. The highest BCUT2D eigenvalue weighted by molar-refractivity contribution is 6.23. The largest absolute Gasteiger partial charge is 0.309 e. The number of nitrogens with one attached hydrogen (secondary N) is 1. The zero-order chi connectivity index (χ0) is 37.3. The molecule has 0 bridgehead atoms. The molecule has 9 aromatic carbocycles. The summed E-state index contributed by atoms with van der Waals surface area (Å²) in [6, 6.07) is 66.8. The Morgan fingerprint density at radius 2 is 0.911 bits per heavy atom. The summed E-state index contributed by atoms with van der Waals surface area (Å²) in [5, 5.41) is 28.8. The van der Waals surface area contributed by atoms with E-state index in [1.54, 1.807) is 0 Å². The van der Waals surface area contributed by atoms with Crippen molar-refractivity contribution in [1.82, 2.24) is 9.13 Å². The zero-order valence-electron chi connectivity index (χ0n) is 30.2. The first-order valence-electron chi connectivity index (χ1n) is 18.8. The molecule has 0 aliphatic carbocycles. The first-order valence-corrected chi connectivity index (χ1v) is 18.8. The van der Waals surface area contributed by atoms with Gasteiger partial charge in [0, 0.05) is 39.0 Å². The summed E-state index contributed by atoms with van der Waals surface area (Å²) in [5.41, 5.74) is 11.4. The van der Waals surface area contributed by atoms with Crippen molar-refractivity contribution in [1.29, 1.82) is 10.7 Å². The molecule has 0 aliphatic rings. The van der Waals surface area contributed by atoms with Crippen molar-refractivity contribution >= 4 is 71.4 Å². The van der Waals surface area contributed by atoms with Crippen LogP contribution in [0.1, 0.15) is 11.1 Å². The van der Waals surface area contributed by atoms with E-state index in [2.05, 4.69) is 179 Å². The molecule has 11 aromatic rings. The minimum absolute atomic E-state index is 0.445. The lowest BCUT2D eigenvalue weighted by atomic mass is 10.0. The standard InChI is InChI=1S/C52H32N4/c53-31-39-27-40(55-46-23-21-37(33-11-3-1-4-12-33)28-43(46)51-41-17-9-7-15-35(41)19-25-48(51)55)30-50(45(39)32-54)56-47-24-22-38(34-13-5-2-6-14-34)29-44(47)52-42-18-10-8-16-36(42)20-26-49(52)56/h1-30,32,54H. The van der Waals surface area contributed by atoms with Crippen molar-refractivity contribution in [2.75, 3.05) is 0 Å². The summed E-state index contributed by atoms with van der Waals surface area (Å²) < 4.78 is 4.55. The summed E-state index contributed by atoms with van der Waals surface area (Å²) >= 11 is 0. The van der Waals surface area contributed by atoms with Crippen molar-refractivity contribution in [2.24, 2.45) is 0 Å². The minimum atomic E-state index is 0.445. The Morgan fingerprint density at radius 1 is 0.429 bits per heavy atom. The van der Waals surface area contributed by atoms with Gasteiger partial charge < -0.3 is 14.5 Å². The van der Waals surface area contributed by atoms with Gasteiger partial charge in [0.1, 0.15) is 0 Å². The van der Waals surface area contributed by atoms with Crippen LogP contribution in [-0.2, 0) is 0 Å². The van der Waals surface area contributed by atoms with Gasteiger partial charge in [-0.3, -0.25) is 0 Å². The van der Waals surface area contributed by atoms with Crippen LogP contribution in [0.2, 0.25) is 0 Å². The fourth-order valence-electron chi connectivity index (χ4n) is 8.92. The van der Waals surface area contributed by atoms with E-state index < -0.39 is 0 Å². The first-order chi connectivity index (χ1) is 27.7. The average molecular weight is 713 g/mol. The lowest BCUT2D eigenvalue weighted by Crippen LogP contribution is -2.05. The van der Waals surface area contributed by atoms with Crippen molar-refractivity contribution in [3.8, 4) is 39.7 Å². The third-order valence-corrected chi connectivity index (χ3v) is 11.4. The second-order valence-corrected chi connectivity index (χ2v) is 14.4. The molecule has 0 saturated heterocycles. The minimum Gasteiger partial charge on any atom is -0.309 e. The third kappa shape index (κ3) is 4.68. The fraction of sp³-hybridized carbons (Fsp3) is 0. The number of aromatic nitrogens is 2. The van der Waals surface area contributed by atoms with Crippen LogP contribution in [0, 0.1) is 16.7 Å². The third-order valence-electron chi connectivity index (χ3n) is 11.4. The molecule has 0 spiro atoms. The Morgan fingerprint density at radius 3 is 1.45 bits per heavy atom. The van der Waals surface area contributed by atoms with Gasteiger partial charge in [-0.2, -0.15) is 5.26 Å². The van der Waals surface area contributed by atoms with Crippen LogP contribution in [0.4, 0.5) is 0 Å². The van der Waals surface area contributed by atoms with E-state index in [-0.39, 0.29) is 0 Å². The highest BCUT2D eigenvalue weighted by Gasteiger charge is 2.22.